The molecule has 3 rings (SSSR count). The summed E-state index contributed by atoms with van der Waals surface area (Å²) in [7, 11) is 2.50. The number of rotatable bonds is 10. The van der Waals surface area contributed by atoms with E-state index in [0.717, 1.165) is 33.9 Å². The second-order valence-corrected chi connectivity index (χ2v) is 21.8. The number of halogens is 4. The van der Waals surface area contributed by atoms with Crippen molar-refractivity contribution in [2.75, 3.05) is 0 Å². The van der Waals surface area contributed by atoms with Gasteiger partial charge in [-0.1, -0.05) is 91.8 Å². The Labute approximate surface area is 318 Å². The van der Waals surface area contributed by atoms with Gasteiger partial charge in [0.2, 0.25) is 0 Å². The van der Waals surface area contributed by atoms with Crippen LogP contribution in [-0.2, 0) is 21.8 Å². The van der Waals surface area contributed by atoms with E-state index in [2.05, 4.69) is 175 Å². The second kappa shape index (κ2) is 23.6. The van der Waals surface area contributed by atoms with E-state index in [-0.39, 0.29) is 0 Å². The van der Waals surface area contributed by atoms with Crippen LogP contribution in [-0.4, -0.2) is 24.9 Å². The molecule has 10 heteroatoms. The molecule has 0 aliphatic heterocycles. The van der Waals surface area contributed by atoms with Crippen LogP contribution in [0.4, 0.5) is 22.7 Å². The molecule has 0 aromatic heterocycles. The van der Waals surface area contributed by atoms with Gasteiger partial charge in [0.1, 0.15) is 0 Å². The predicted octanol–water partition coefficient (Wildman–Crippen LogP) is 14.4. The normalized spacial score (nSPS) is 12.0. The monoisotopic (exact) mass is 966 g/mol. The van der Waals surface area contributed by atoms with Crippen LogP contribution in [0.1, 0.15) is 112 Å². The average Bonchev–Trinajstić information content (AvgIpc) is 2.99. The summed E-state index contributed by atoms with van der Waals surface area (Å²) in [4.78, 5) is 19.1. The zero-order valence-electron chi connectivity index (χ0n) is 28.2. The number of hydrogen-bond acceptors (Lipinski definition) is 4. The first-order valence-corrected chi connectivity index (χ1v) is 24.8. The molecular formula is C36H46Br4N4Ni2. The van der Waals surface area contributed by atoms with E-state index in [4.69, 9.17) is 20.0 Å². The summed E-state index contributed by atoms with van der Waals surface area (Å²) in [5.41, 5.74) is 11.2. The summed E-state index contributed by atoms with van der Waals surface area (Å²) >= 11 is 12.0. The molecule has 0 fully saturated rings. The Morgan fingerprint density at radius 1 is 0.478 bits per heavy atom. The van der Waals surface area contributed by atoms with Gasteiger partial charge in [0, 0.05) is 24.9 Å². The van der Waals surface area contributed by atoms with Gasteiger partial charge in [0.05, 0.1) is 22.7 Å². The number of para-hydroxylation sites is 2. The average molecular weight is 972 g/mol. The molecule has 0 aliphatic carbocycles. The van der Waals surface area contributed by atoms with Gasteiger partial charge in [0.25, 0.3) is 0 Å². The Kier molecular flexibility index (Phi) is 22.2. The molecule has 0 saturated heterocycles. The number of hydrogen-bond donors (Lipinski definition) is 0. The fourth-order valence-electron chi connectivity index (χ4n) is 4.83. The molecule has 0 bridgehead atoms. The fraction of sp³-hybridized carbons (Fsp3) is 0.389. The third-order valence-corrected chi connectivity index (χ3v) is 7.17. The first-order valence-electron chi connectivity index (χ1n) is 15.0. The van der Waals surface area contributed by atoms with E-state index in [1.165, 1.54) is 44.0 Å². The zero-order valence-corrected chi connectivity index (χ0v) is 36.5. The van der Waals surface area contributed by atoms with Crippen molar-refractivity contribution in [3.63, 3.8) is 0 Å². The minimum atomic E-state index is 0.410. The fourth-order valence-corrected chi connectivity index (χ4v) is 4.83. The van der Waals surface area contributed by atoms with E-state index in [1.807, 2.05) is 12.4 Å². The molecule has 258 valence electrons. The van der Waals surface area contributed by atoms with Crippen molar-refractivity contribution < 1.29 is 21.8 Å². The van der Waals surface area contributed by atoms with E-state index in [0.29, 0.717) is 23.7 Å². The second-order valence-electron chi connectivity index (χ2n) is 11.8. The molecule has 0 unspecified atom stereocenters. The van der Waals surface area contributed by atoms with Crippen molar-refractivity contribution in [2.24, 2.45) is 20.0 Å². The van der Waals surface area contributed by atoms with Gasteiger partial charge in [-0.3, -0.25) is 20.0 Å². The van der Waals surface area contributed by atoms with E-state index < -0.39 is 0 Å². The quantitative estimate of drug-likeness (QED) is 0.144. The standard InChI is InChI=1S/C36H46N4.4BrH.2Ni/c1-23(2)29-13-11-14-30(24(3)4)35(29)39-19-17-37-33-21-28(10)34(22-27(33)9)38-18-20-40-36-31(25(5)6)15-12-16-32(36)26(7)8;;;;;;/h11-26H,1-10H3;4*1H;;/q;;;;;2*+2/p-4. The topological polar surface area (TPSA) is 49.4 Å². The van der Waals surface area contributed by atoms with Gasteiger partial charge in [-0.2, -0.15) is 0 Å². The van der Waals surface area contributed by atoms with Crippen LogP contribution in [0.3, 0.4) is 0 Å². The van der Waals surface area contributed by atoms with Gasteiger partial charge >= 0.3 is 78.7 Å². The molecule has 0 heterocycles. The third kappa shape index (κ3) is 14.4. The SMILES string of the molecule is Cc1cc(N=CC=Nc2c(C(C)C)cccc2C(C)C)c(C)cc1N=CC=Nc1c(C(C)C)cccc1C(C)C.[Br][Ni][Br].[Br][Ni][Br]. The number of nitrogens with zero attached hydrogens (tertiary/aromatic N) is 4. The summed E-state index contributed by atoms with van der Waals surface area (Å²) in [5, 5.41) is 0. The van der Waals surface area contributed by atoms with Gasteiger partial charge in [0.15, 0.2) is 0 Å². The predicted molar refractivity (Wildman–Crippen MR) is 213 cm³/mol. The van der Waals surface area contributed by atoms with Crippen LogP contribution in [0, 0.1) is 13.8 Å². The summed E-state index contributed by atoms with van der Waals surface area (Å²) in [6, 6.07) is 17.1. The van der Waals surface area contributed by atoms with Crippen LogP contribution >= 0.6 is 56.9 Å². The van der Waals surface area contributed by atoms with Crippen molar-refractivity contribution in [3.8, 4) is 0 Å². The molecule has 0 atom stereocenters. The maximum atomic E-state index is 4.83. The van der Waals surface area contributed by atoms with E-state index in [9.17, 15) is 0 Å². The summed E-state index contributed by atoms with van der Waals surface area (Å²) in [6.07, 6.45) is 7.20. The Balaban J connectivity index is 0.00000163. The molecule has 0 saturated carbocycles. The van der Waals surface area contributed by atoms with Crippen LogP contribution in [0.2, 0.25) is 0 Å². The van der Waals surface area contributed by atoms with Crippen molar-refractivity contribution in [1.82, 2.24) is 0 Å². The Morgan fingerprint density at radius 2 is 0.717 bits per heavy atom. The van der Waals surface area contributed by atoms with Gasteiger partial charge in [-0.05, 0) is 83.0 Å². The van der Waals surface area contributed by atoms with Crippen molar-refractivity contribution in [2.45, 2.75) is 92.9 Å². The maximum absolute atomic E-state index is 4.83. The van der Waals surface area contributed by atoms with Crippen molar-refractivity contribution >= 4 is 105 Å². The van der Waals surface area contributed by atoms with E-state index >= 15 is 0 Å². The van der Waals surface area contributed by atoms with Gasteiger partial charge in [-0.25, -0.2) is 0 Å². The van der Waals surface area contributed by atoms with Gasteiger partial charge in [-0.15, -0.1) is 0 Å². The number of benzene rings is 3. The Morgan fingerprint density at radius 3 is 0.957 bits per heavy atom. The van der Waals surface area contributed by atoms with Crippen molar-refractivity contribution in [1.29, 1.82) is 0 Å². The molecule has 3 aromatic carbocycles. The van der Waals surface area contributed by atoms with Crippen molar-refractivity contribution in [3.05, 3.63) is 81.9 Å². The molecule has 0 aliphatic rings. The molecule has 3 aromatic rings. The molecule has 0 spiro atoms. The zero-order chi connectivity index (χ0) is 34.8. The number of aryl methyl sites for hydroxylation is 2. The molecule has 0 radical (unpaired) electrons. The molecular weight excluding hydrogens is 925 g/mol. The summed E-state index contributed by atoms with van der Waals surface area (Å²) in [6.45, 7) is 21.8. The molecule has 4 nitrogen and oxygen atoms in total. The number of aliphatic imine (C=N–C) groups is 4. The Bertz CT molecular complexity index is 1320. The molecule has 0 amide bonds. The van der Waals surface area contributed by atoms with Gasteiger partial charge < -0.3 is 0 Å². The van der Waals surface area contributed by atoms with Crippen LogP contribution in [0.5, 0.6) is 0 Å². The van der Waals surface area contributed by atoms with E-state index in [1.54, 1.807) is 12.4 Å². The first kappa shape index (κ1) is 43.3. The minimum absolute atomic E-state index is 0.410. The van der Waals surface area contributed by atoms with Crippen LogP contribution in [0.25, 0.3) is 0 Å². The van der Waals surface area contributed by atoms with Crippen LogP contribution < -0.4 is 0 Å². The first-order chi connectivity index (χ1) is 21.8. The Hall–Kier alpha value is -0.753. The molecule has 46 heavy (non-hydrogen) atoms. The third-order valence-electron chi connectivity index (χ3n) is 7.17. The molecule has 0 N–H and O–H groups in total. The van der Waals surface area contributed by atoms with Crippen LogP contribution in [0.15, 0.2) is 68.5 Å². The summed E-state index contributed by atoms with van der Waals surface area (Å²) in [5.74, 6) is 1.64. The summed E-state index contributed by atoms with van der Waals surface area (Å²) < 4.78 is 0.